The predicted molar refractivity (Wildman–Crippen MR) is 148 cm³/mol. The monoisotopic (exact) mass is 533 g/mol. The topological polar surface area (TPSA) is 111 Å². The van der Waals surface area contributed by atoms with Gasteiger partial charge in [0.05, 0.1) is 23.7 Å². The van der Waals surface area contributed by atoms with Gasteiger partial charge in [-0.3, -0.25) is 10.3 Å². The van der Waals surface area contributed by atoms with Crippen LogP contribution in [0.1, 0.15) is 38.6 Å². The summed E-state index contributed by atoms with van der Waals surface area (Å²) in [5.41, 5.74) is 1.96. The van der Waals surface area contributed by atoms with Gasteiger partial charge in [-0.15, -0.1) is 0 Å². The molecule has 0 fully saturated rings. The zero-order chi connectivity index (χ0) is 28.0. The third-order valence-corrected chi connectivity index (χ3v) is 5.66. The molecule has 0 bridgehead atoms. The minimum atomic E-state index is -0.644. The maximum atomic E-state index is 14.8. The number of anilines is 2. The van der Waals surface area contributed by atoms with Gasteiger partial charge in [0.25, 0.3) is 0 Å². The van der Waals surface area contributed by atoms with E-state index in [1.165, 1.54) is 12.1 Å². The van der Waals surface area contributed by atoms with Crippen molar-refractivity contribution in [3.63, 3.8) is 0 Å². The third-order valence-electron chi connectivity index (χ3n) is 5.66. The van der Waals surface area contributed by atoms with Crippen LogP contribution in [-0.4, -0.2) is 39.1 Å². The Bertz CT molecular complexity index is 1430. The van der Waals surface area contributed by atoms with Gasteiger partial charge >= 0.3 is 6.03 Å². The van der Waals surface area contributed by atoms with Gasteiger partial charge in [-0.25, -0.2) is 13.9 Å². The van der Waals surface area contributed by atoms with Gasteiger partial charge in [-0.2, -0.15) is 5.10 Å². The van der Waals surface area contributed by atoms with Crippen molar-refractivity contribution in [2.75, 3.05) is 23.8 Å². The lowest BCUT2D eigenvalue weighted by Crippen LogP contribution is -2.22. The van der Waals surface area contributed by atoms with Gasteiger partial charge < -0.3 is 19.9 Å². The van der Waals surface area contributed by atoms with Crippen molar-refractivity contribution in [3.8, 4) is 22.9 Å². The molecular weight excluding hydrogens is 501 g/mol. The number of nitrogens with zero attached hydrogens (tertiary/aromatic N) is 3. The molecule has 3 N–H and O–H groups in total. The number of hydrogen-bond donors (Lipinski definition) is 3. The number of halogens is 1. The highest BCUT2D eigenvalue weighted by Crippen LogP contribution is 2.28. The molecule has 0 radical (unpaired) electrons. The van der Waals surface area contributed by atoms with E-state index in [0.717, 1.165) is 11.4 Å². The molecule has 0 saturated carbocycles. The van der Waals surface area contributed by atoms with Crippen molar-refractivity contribution in [2.24, 2.45) is 0 Å². The summed E-state index contributed by atoms with van der Waals surface area (Å²) in [7, 11) is 0. The molecule has 2 aromatic carbocycles. The SMILES string of the molecule is Cc1cc(Oc2ccc(NC(=O)Nc3cc(C(C)(C)C)nn3-c3ccc(OCCCO)cc3)c(F)c2)ccn1. The lowest BCUT2D eigenvalue weighted by molar-refractivity contribution is 0.233. The fourth-order valence-corrected chi connectivity index (χ4v) is 3.62. The van der Waals surface area contributed by atoms with Crippen molar-refractivity contribution in [1.82, 2.24) is 14.8 Å². The molecule has 9 nitrogen and oxygen atoms in total. The summed E-state index contributed by atoms with van der Waals surface area (Å²) in [5.74, 6) is 1.26. The fraction of sp³-hybridized carbons (Fsp3) is 0.276. The van der Waals surface area contributed by atoms with Crippen LogP contribution in [0, 0.1) is 12.7 Å². The Morgan fingerprint density at radius 3 is 2.38 bits per heavy atom. The Morgan fingerprint density at radius 1 is 1.00 bits per heavy atom. The third kappa shape index (κ3) is 7.32. The van der Waals surface area contributed by atoms with Crippen LogP contribution < -0.4 is 20.1 Å². The maximum Gasteiger partial charge on any atom is 0.324 e. The standard InChI is InChI=1S/C29H32FN5O4/c1-19-16-23(12-13-31-19)39-22-10-11-25(24(30)17-22)32-28(37)33-27-18-26(29(2,3)4)34-35(27)20-6-8-21(9-7-20)38-15-5-14-36/h6-13,16-18,36H,5,14-15H2,1-4H3,(H2,32,33,37). The number of aliphatic hydroxyl groups is 1. The number of benzene rings is 2. The maximum absolute atomic E-state index is 14.8. The summed E-state index contributed by atoms with van der Waals surface area (Å²) in [6.45, 7) is 8.37. The molecule has 0 saturated heterocycles. The number of carbonyl (C=O) groups excluding carboxylic acids is 1. The Labute approximate surface area is 226 Å². The molecule has 0 aliphatic carbocycles. The van der Waals surface area contributed by atoms with Crippen LogP contribution in [0.3, 0.4) is 0 Å². The minimum Gasteiger partial charge on any atom is -0.494 e. The molecule has 0 atom stereocenters. The number of aromatic nitrogens is 3. The van der Waals surface area contributed by atoms with E-state index in [-0.39, 0.29) is 17.7 Å². The average Bonchev–Trinajstić information content (AvgIpc) is 3.30. The van der Waals surface area contributed by atoms with Crippen LogP contribution in [0.15, 0.2) is 66.9 Å². The van der Waals surface area contributed by atoms with Crippen LogP contribution in [0.5, 0.6) is 17.2 Å². The van der Waals surface area contributed by atoms with E-state index in [9.17, 15) is 9.18 Å². The molecule has 10 heteroatoms. The number of amides is 2. The lowest BCUT2D eigenvalue weighted by atomic mass is 9.92. The summed E-state index contributed by atoms with van der Waals surface area (Å²) in [5, 5.41) is 19.0. The molecule has 204 valence electrons. The number of ether oxygens (including phenoxy) is 2. The fourth-order valence-electron chi connectivity index (χ4n) is 3.62. The molecule has 2 heterocycles. The zero-order valence-corrected chi connectivity index (χ0v) is 22.4. The van der Waals surface area contributed by atoms with E-state index in [4.69, 9.17) is 19.7 Å². The van der Waals surface area contributed by atoms with E-state index in [0.29, 0.717) is 41.8 Å². The number of aryl methyl sites for hydroxylation is 1. The molecule has 0 spiro atoms. The van der Waals surface area contributed by atoms with E-state index >= 15 is 0 Å². The summed E-state index contributed by atoms with van der Waals surface area (Å²) in [4.78, 5) is 17.0. The van der Waals surface area contributed by atoms with Crippen LogP contribution in [-0.2, 0) is 5.41 Å². The zero-order valence-electron chi connectivity index (χ0n) is 22.4. The van der Waals surface area contributed by atoms with Gasteiger partial charge in [0, 0.05) is 48.5 Å². The number of pyridine rings is 1. The second-order valence-corrected chi connectivity index (χ2v) is 9.95. The molecule has 0 aliphatic rings. The highest BCUT2D eigenvalue weighted by Gasteiger charge is 2.22. The van der Waals surface area contributed by atoms with E-state index < -0.39 is 11.8 Å². The Morgan fingerprint density at radius 2 is 1.72 bits per heavy atom. The first-order valence-electron chi connectivity index (χ1n) is 12.5. The molecule has 2 amide bonds. The first-order chi connectivity index (χ1) is 18.6. The second-order valence-electron chi connectivity index (χ2n) is 9.95. The first kappa shape index (κ1) is 27.6. The smallest absolute Gasteiger partial charge is 0.324 e. The quantitative estimate of drug-likeness (QED) is 0.221. The number of rotatable bonds is 9. The van der Waals surface area contributed by atoms with E-state index in [1.807, 2.05) is 39.8 Å². The van der Waals surface area contributed by atoms with Crippen molar-refractivity contribution < 1.29 is 23.8 Å². The molecule has 4 aromatic rings. The largest absolute Gasteiger partial charge is 0.494 e. The molecule has 39 heavy (non-hydrogen) atoms. The number of urea groups is 1. The summed E-state index contributed by atoms with van der Waals surface area (Å²) in [6.07, 6.45) is 2.15. The van der Waals surface area contributed by atoms with Gasteiger partial charge in [0.1, 0.15) is 28.9 Å². The van der Waals surface area contributed by atoms with Crippen LogP contribution in [0.4, 0.5) is 20.7 Å². The highest BCUT2D eigenvalue weighted by molar-refractivity contribution is 5.99. The van der Waals surface area contributed by atoms with Gasteiger partial charge in [-0.1, -0.05) is 20.8 Å². The van der Waals surface area contributed by atoms with Gasteiger partial charge in [0.15, 0.2) is 0 Å². The van der Waals surface area contributed by atoms with Crippen LogP contribution in [0.25, 0.3) is 5.69 Å². The number of nitrogens with one attached hydrogen (secondary N) is 2. The van der Waals surface area contributed by atoms with E-state index in [2.05, 4.69) is 15.6 Å². The van der Waals surface area contributed by atoms with Gasteiger partial charge in [0.2, 0.25) is 0 Å². The molecular formula is C29H32FN5O4. The van der Waals surface area contributed by atoms with E-state index in [1.54, 1.807) is 47.3 Å². The summed E-state index contributed by atoms with van der Waals surface area (Å²) < 4.78 is 27.7. The van der Waals surface area contributed by atoms with Crippen molar-refractivity contribution in [3.05, 3.63) is 84.1 Å². The Balaban J connectivity index is 1.49. The lowest BCUT2D eigenvalue weighted by Gasteiger charge is -2.14. The first-order valence-corrected chi connectivity index (χ1v) is 12.5. The van der Waals surface area contributed by atoms with Crippen LogP contribution >= 0.6 is 0 Å². The van der Waals surface area contributed by atoms with Gasteiger partial charge in [-0.05, 0) is 49.4 Å². The minimum absolute atomic E-state index is 0.00255. The molecule has 0 aliphatic heterocycles. The van der Waals surface area contributed by atoms with Crippen molar-refractivity contribution in [2.45, 2.75) is 39.5 Å². The number of carbonyl (C=O) groups is 1. The second kappa shape index (κ2) is 12.0. The van der Waals surface area contributed by atoms with Crippen molar-refractivity contribution in [1.29, 1.82) is 0 Å². The average molecular weight is 534 g/mol. The Hall–Kier alpha value is -4.44. The molecule has 2 aromatic heterocycles. The predicted octanol–water partition coefficient (Wildman–Crippen LogP) is 6.21. The number of aliphatic hydroxyl groups excluding tert-OH is 1. The number of hydrogen-bond acceptors (Lipinski definition) is 6. The van der Waals surface area contributed by atoms with Crippen molar-refractivity contribution >= 4 is 17.5 Å². The highest BCUT2D eigenvalue weighted by atomic mass is 19.1. The molecule has 0 unspecified atom stereocenters. The summed E-state index contributed by atoms with van der Waals surface area (Å²) >= 11 is 0. The Kier molecular flexibility index (Phi) is 8.46. The summed E-state index contributed by atoms with van der Waals surface area (Å²) in [6, 6.07) is 16.0. The normalized spacial score (nSPS) is 11.2. The van der Waals surface area contributed by atoms with Crippen LogP contribution in [0.2, 0.25) is 0 Å². The molecule has 4 rings (SSSR count).